The lowest BCUT2D eigenvalue weighted by Crippen LogP contribution is -2.44. The van der Waals surface area contributed by atoms with E-state index in [4.69, 9.17) is 0 Å². The Labute approximate surface area is 131 Å². The first-order chi connectivity index (χ1) is 10.8. The summed E-state index contributed by atoms with van der Waals surface area (Å²) in [5.74, 6) is -4.80. The SMILES string of the molecule is COC(=O)[C@H](C)NC(=O)C1CCN(c2ccc(F)c(F)c2)C1=O. The summed E-state index contributed by atoms with van der Waals surface area (Å²) >= 11 is 0. The molecular weight excluding hydrogens is 310 g/mol. The molecule has 1 aromatic carbocycles. The van der Waals surface area contributed by atoms with Crippen LogP contribution in [0.5, 0.6) is 0 Å². The van der Waals surface area contributed by atoms with E-state index in [1.165, 1.54) is 25.0 Å². The predicted octanol–water partition coefficient (Wildman–Crippen LogP) is 0.995. The molecule has 124 valence electrons. The number of rotatable bonds is 4. The second kappa shape index (κ2) is 6.72. The second-order valence-electron chi connectivity index (χ2n) is 5.18. The highest BCUT2D eigenvalue weighted by molar-refractivity contribution is 6.10. The van der Waals surface area contributed by atoms with Gasteiger partial charge < -0.3 is 15.0 Å². The number of halogens is 2. The fraction of sp³-hybridized carbons (Fsp3) is 0.400. The van der Waals surface area contributed by atoms with Crippen molar-refractivity contribution in [2.75, 3.05) is 18.6 Å². The van der Waals surface area contributed by atoms with Gasteiger partial charge in [-0.15, -0.1) is 0 Å². The molecule has 1 N–H and O–H groups in total. The molecule has 0 bridgehead atoms. The van der Waals surface area contributed by atoms with Gasteiger partial charge in [0, 0.05) is 18.3 Å². The molecule has 0 aromatic heterocycles. The van der Waals surface area contributed by atoms with Gasteiger partial charge in [-0.2, -0.15) is 0 Å². The number of benzene rings is 1. The summed E-state index contributed by atoms with van der Waals surface area (Å²) in [5.41, 5.74) is 0.185. The first-order valence-electron chi connectivity index (χ1n) is 6.99. The molecule has 0 radical (unpaired) electrons. The largest absolute Gasteiger partial charge is 0.467 e. The van der Waals surface area contributed by atoms with Crippen molar-refractivity contribution in [3.63, 3.8) is 0 Å². The number of carbonyl (C=O) groups is 3. The minimum Gasteiger partial charge on any atom is -0.467 e. The standard InChI is InChI=1S/C15H16F2N2O4/c1-8(15(22)23-2)18-13(20)10-5-6-19(14(10)21)9-3-4-11(16)12(17)7-9/h3-4,7-8,10H,5-6H2,1-2H3,(H,18,20)/t8-,10?/m0/s1. The third kappa shape index (κ3) is 3.46. The van der Waals surface area contributed by atoms with Gasteiger partial charge in [-0.3, -0.25) is 9.59 Å². The Morgan fingerprint density at radius 1 is 1.35 bits per heavy atom. The summed E-state index contributed by atoms with van der Waals surface area (Å²) in [6.07, 6.45) is 0.220. The van der Waals surface area contributed by atoms with Gasteiger partial charge >= 0.3 is 5.97 Å². The van der Waals surface area contributed by atoms with Gasteiger partial charge in [0.15, 0.2) is 11.6 Å². The van der Waals surface area contributed by atoms with Crippen LogP contribution in [0.4, 0.5) is 14.5 Å². The molecule has 1 aliphatic heterocycles. The van der Waals surface area contributed by atoms with Crippen LogP contribution in [-0.2, 0) is 19.1 Å². The zero-order valence-electron chi connectivity index (χ0n) is 12.6. The average Bonchev–Trinajstić information content (AvgIpc) is 2.90. The summed E-state index contributed by atoms with van der Waals surface area (Å²) in [5, 5.41) is 2.40. The molecule has 1 aliphatic rings. The van der Waals surface area contributed by atoms with E-state index in [1.54, 1.807) is 0 Å². The van der Waals surface area contributed by atoms with Crippen molar-refractivity contribution in [3.8, 4) is 0 Å². The van der Waals surface area contributed by atoms with E-state index in [9.17, 15) is 23.2 Å². The number of methoxy groups -OCH3 is 1. The van der Waals surface area contributed by atoms with Crippen molar-refractivity contribution in [1.82, 2.24) is 5.32 Å². The van der Waals surface area contributed by atoms with Crippen LogP contribution in [0.2, 0.25) is 0 Å². The molecule has 1 fully saturated rings. The lowest BCUT2D eigenvalue weighted by molar-refractivity contribution is -0.145. The number of esters is 1. The number of amides is 2. The number of ether oxygens (including phenoxy) is 1. The van der Waals surface area contributed by atoms with E-state index in [-0.39, 0.29) is 18.7 Å². The minimum atomic E-state index is -1.07. The van der Waals surface area contributed by atoms with Crippen LogP contribution in [0, 0.1) is 17.6 Å². The fourth-order valence-corrected chi connectivity index (χ4v) is 2.38. The van der Waals surface area contributed by atoms with Crippen molar-refractivity contribution in [3.05, 3.63) is 29.8 Å². The molecular formula is C15H16F2N2O4. The molecule has 1 heterocycles. The molecule has 2 atom stereocenters. The summed E-state index contributed by atoms with van der Waals surface area (Å²) < 4.78 is 30.7. The zero-order chi connectivity index (χ0) is 17.1. The number of hydrogen-bond acceptors (Lipinski definition) is 4. The average molecular weight is 326 g/mol. The molecule has 0 aliphatic carbocycles. The summed E-state index contributed by atoms with van der Waals surface area (Å²) in [4.78, 5) is 36.9. The molecule has 2 amide bonds. The van der Waals surface area contributed by atoms with Gasteiger partial charge in [0.25, 0.3) is 0 Å². The Kier molecular flexibility index (Phi) is 4.92. The highest BCUT2D eigenvalue weighted by Crippen LogP contribution is 2.26. The van der Waals surface area contributed by atoms with Crippen LogP contribution in [0.3, 0.4) is 0 Å². The molecule has 1 unspecified atom stereocenters. The van der Waals surface area contributed by atoms with Crippen molar-refractivity contribution < 1.29 is 27.9 Å². The van der Waals surface area contributed by atoms with Crippen LogP contribution < -0.4 is 10.2 Å². The predicted molar refractivity (Wildman–Crippen MR) is 76.4 cm³/mol. The van der Waals surface area contributed by atoms with E-state index < -0.39 is 41.4 Å². The van der Waals surface area contributed by atoms with Crippen molar-refractivity contribution >= 4 is 23.5 Å². The number of carbonyl (C=O) groups excluding carboxylic acids is 3. The normalized spacial score (nSPS) is 18.7. The second-order valence-corrected chi connectivity index (χ2v) is 5.18. The maximum atomic E-state index is 13.3. The van der Waals surface area contributed by atoms with Crippen LogP contribution in [0.15, 0.2) is 18.2 Å². The minimum absolute atomic E-state index is 0.185. The topological polar surface area (TPSA) is 75.7 Å². The van der Waals surface area contributed by atoms with Crippen LogP contribution in [-0.4, -0.2) is 37.5 Å². The van der Waals surface area contributed by atoms with E-state index in [0.717, 1.165) is 12.1 Å². The van der Waals surface area contributed by atoms with E-state index in [0.29, 0.717) is 0 Å². The Hall–Kier alpha value is -2.51. The highest BCUT2D eigenvalue weighted by Gasteiger charge is 2.38. The number of hydrogen-bond donors (Lipinski definition) is 1. The van der Waals surface area contributed by atoms with E-state index in [1.807, 2.05) is 0 Å². The zero-order valence-corrected chi connectivity index (χ0v) is 12.6. The van der Waals surface area contributed by atoms with Crippen LogP contribution in [0.25, 0.3) is 0 Å². The molecule has 0 saturated carbocycles. The number of anilines is 1. The first-order valence-corrected chi connectivity index (χ1v) is 6.99. The van der Waals surface area contributed by atoms with E-state index in [2.05, 4.69) is 10.1 Å². The molecule has 1 saturated heterocycles. The quantitative estimate of drug-likeness (QED) is 0.661. The molecule has 2 rings (SSSR count). The third-order valence-electron chi connectivity index (χ3n) is 3.65. The van der Waals surface area contributed by atoms with Gasteiger partial charge in [0.2, 0.25) is 11.8 Å². The highest BCUT2D eigenvalue weighted by atomic mass is 19.2. The van der Waals surface area contributed by atoms with Crippen molar-refractivity contribution in [2.45, 2.75) is 19.4 Å². The van der Waals surface area contributed by atoms with E-state index >= 15 is 0 Å². The van der Waals surface area contributed by atoms with Gasteiger partial charge in [0.1, 0.15) is 12.0 Å². The van der Waals surface area contributed by atoms with Crippen LogP contribution in [0.1, 0.15) is 13.3 Å². The Balaban J connectivity index is 2.07. The van der Waals surface area contributed by atoms with Crippen molar-refractivity contribution in [2.24, 2.45) is 5.92 Å². The lowest BCUT2D eigenvalue weighted by Gasteiger charge is -2.18. The summed E-state index contributed by atoms with van der Waals surface area (Å²) in [7, 11) is 1.19. The molecule has 6 nitrogen and oxygen atoms in total. The maximum absolute atomic E-state index is 13.3. The molecule has 1 aromatic rings. The van der Waals surface area contributed by atoms with Gasteiger partial charge in [0.05, 0.1) is 7.11 Å². The van der Waals surface area contributed by atoms with Gasteiger partial charge in [-0.25, -0.2) is 13.6 Å². The summed E-state index contributed by atoms with van der Waals surface area (Å²) in [6, 6.07) is 2.22. The smallest absolute Gasteiger partial charge is 0.328 e. The maximum Gasteiger partial charge on any atom is 0.328 e. The Morgan fingerprint density at radius 3 is 2.65 bits per heavy atom. The van der Waals surface area contributed by atoms with Gasteiger partial charge in [-0.1, -0.05) is 0 Å². The number of nitrogens with one attached hydrogen (secondary N) is 1. The lowest BCUT2D eigenvalue weighted by atomic mass is 10.1. The first kappa shape index (κ1) is 16.9. The fourth-order valence-electron chi connectivity index (χ4n) is 2.38. The van der Waals surface area contributed by atoms with Crippen LogP contribution >= 0.6 is 0 Å². The summed E-state index contributed by atoms with van der Waals surface area (Å²) in [6.45, 7) is 1.64. The molecule has 23 heavy (non-hydrogen) atoms. The molecule has 8 heteroatoms. The van der Waals surface area contributed by atoms with Crippen molar-refractivity contribution in [1.29, 1.82) is 0 Å². The third-order valence-corrected chi connectivity index (χ3v) is 3.65. The molecule has 0 spiro atoms. The monoisotopic (exact) mass is 326 g/mol. The Morgan fingerprint density at radius 2 is 2.04 bits per heavy atom. The number of nitrogens with zero attached hydrogens (tertiary/aromatic N) is 1. The Bertz CT molecular complexity index is 650. The van der Waals surface area contributed by atoms with Gasteiger partial charge in [-0.05, 0) is 25.5 Å².